The second-order valence-electron chi connectivity index (χ2n) is 16.6. The van der Waals surface area contributed by atoms with Gasteiger partial charge in [-0.2, -0.15) is 0 Å². The fourth-order valence-electron chi connectivity index (χ4n) is 8.46. The van der Waals surface area contributed by atoms with Gasteiger partial charge >= 0.3 is 5.97 Å². The first-order chi connectivity index (χ1) is 29.8. The van der Waals surface area contributed by atoms with Crippen LogP contribution < -0.4 is 15.5 Å². The number of benzene rings is 3. The van der Waals surface area contributed by atoms with E-state index >= 15 is 0 Å². The summed E-state index contributed by atoms with van der Waals surface area (Å²) in [5.74, 6) is 0.722. The number of aryl methyl sites for hydroxylation is 2. The van der Waals surface area contributed by atoms with Crippen molar-refractivity contribution in [2.75, 3.05) is 50.6 Å². The highest BCUT2D eigenvalue weighted by molar-refractivity contribution is 7.15. The zero-order valence-electron chi connectivity index (χ0n) is 36.3. The van der Waals surface area contributed by atoms with Crippen molar-refractivity contribution in [1.82, 2.24) is 29.9 Å². The molecule has 1 fully saturated rings. The van der Waals surface area contributed by atoms with E-state index in [9.17, 15) is 19.2 Å². The van der Waals surface area contributed by atoms with E-state index in [0.717, 1.165) is 55.6 Å². The molecule has 3 aliphatic rings. The van der Waals surface area contributed by atoms with Crippen LogP contribution in [0.25, 0.3) is 5.00 Å². The Labute approximate surface area is 366 Å². The first kappa shape index (κ1) is 42.5. The van der Waals surface area contributed by atoms with E-state index in [1.54, 1.807) is 28.4 Å². The van der Waals surface area contributed by atoms with Crippen LogP contribution in [0.15, 0.2) is 77.8 Å². The van der Waals surface area contributed by atoms with Gasteiger partial charge in [0.2, 0.25) is 5.91 Å². The maximum Gasteiger partial charge on any atom is 0.308 e. The molecule has 5 heterocycles. The van der Waals surface area contributed by atoms with Crippen LogP contribution in [0.5, 0.6) is 0 Å². The van der Waals surface area contributed by atoms with E-state index in [1.165, 1.54) is 0 Å². The van der Waals surface area contributed by atoms with Crippen molar-refractivity contribution in [2.45, 2.75) is 78.0 Å². The highest BCUT2D eigenvalue weighted by Gasteiger charge is 2.36. The predicted octanol–water partition coefficient (Wildman–Crippen LogP) is 6.58. The minimum atomic E-state index is -0.628. The molecule has 2 N–H and O–H groups in total. The van der Waals surface area contributed by atoms with Crippen LogP contribution in [0.1, 0.15) is 105 Å². The second kappa shape index (κ2) is 17.7. The summed E-state index contributed by atoms with van der Waals surface area (Å²) >= 11 is 1.64. The van der Waals surface area contributed by atoms with Gasteiger partial charge in [0.05, 0.1) is 24.2 Å². The van der Waals surface area contributed by atoms with Crippen molar-refractivity contribution >= 4 is 52.1 Å². The predicted molar refractivity (Wildman–Crippen MR) is 241 cm³/mol. The number of aliphatic imine (C=N–C) groups is 1. The van der Waals surface area contributed by atoms with Gasteiger partial charge < -0.3 is 30.1 Å². The van der Waals surface area contributed by atoms with Crippen molar-refractivity contribution in [3.63, 3.8) is 0 Å². The van der Waals surface area contributed by atoms with E-state index in [1.807, 2.05) is 96.9 Å². The zero-order valence-corrected chi connectivity index (χ0v) is 37.1. The van der Waals surface area contributed by atoms with Gasteiger partial charge in [0, 0.05) is 70.6 Å². The van der Waals surface area contributed by atoms with Crippen LogP contribution >= 0.6 is 11.3 Å². The smallest absolute Gasteiger partial charge is 0.308 e. The minimum absolute atomic E-state index is 0.00614. The van der Waals surface area contributed by atoms with Gasteiger partial charge in [-0.15, -0.1) is 21.5 Å². The molecular weight excluding hydrogens is 803 g/mol. The number of hydrogen-bond donors (Lipinski definition) is 2. The molecule has 3 atom stereocenters. The topological polar surface area (TPSA) is 154 Å². The monoisotopic (exact) mass is 855 g/mol. The van der Waals surface area contributed by atoms with Gasteiger partial charge in [-0.1, -0.05) is 37.3 Å². The Bertz CT molecular complexity index is 2540. The molecule has 3 aliphatic heterocycles. The molecule has 0 saturated carbocycles. The van der Waals surface area contributed by atoms with Crippen LogP contribution in [-0.4, -0.2) is 106 Å². The summed E-state index contributed by atoms with van der Waals surface area (Å²) in [5.41, 5.74) is 7.53. The highest BCUT2D eigenvalue weighted by Crippen LogP contribution is 2.41. The Morgan fingerprint density at radius 3 is 2.34 bits per heavy atom. The first-order valence-electron chi connectivity index (χ1n) is 21.2. The van der Waals surface area contributed by atoms with Crippen molar-refractivity contribution in [1.29, 1.82) is 0 Å². The fraction of sp³-hybridized carbons (Fsp3) is 0.383. The zero-order chi connectivity index (χ0) is 43.8. The summed E-state index contributed by atoms with van der Waals surface area (Å²) < 4.78 is 7.56. The molecule has 62 heavy (non-hydrogen) atoms. The van der Waals surface area contributed by atoms with E-state index in [2.05, 4.69) is 47.7 Å². The molecular formula is C47H53N9O5S. The number of fused-ring (bicyclic) bond motifs is 4. The Morgan fingerprint density at radius 1 is 0.919 bits per heavy atom. The third-order valence-electron chi connectivity index (χ3n) is 12.0. The summed E-state index contributed by atoms with van der Waals surface area (Å²) in [7, 11) is 3.85. The highest BCUT2D eigenvalue weighted by atomic mass is 32.1. The van der Waals surface area contributed by atoms with Crippen LogP contribution in [0.2, 0.25) is 0 Å². The van der Waals surface area contributed by atoms with Crippen LogP contribution in [0, 0.1) is 20.8 Å². The standard InChI is InChI=1S/C47H53N9O5S/c1-8-40(57)55-27(2)23-37(36-11-9-10-12-39(36)55)48-34-19-17-32(18-20-34)45(59)49-35-25-54(26-35)46(60)33-15-13-31(14-16-33)43-42-28(3)29(4)62-47(42)56-30(5)51-52-44(56)38(50-43)24-41(58)61-22-21-53(6)7/h9-20,27,35,37-38,48H,8,21-26H2,1-7H3,(H,49,59)/t27-,37+,38-/m0/s1. The third-order valence-corrected chi connectivity index (χ3v) is 13.2. The normalized spacial score (nSPS) is 18.2. The largest absolute Gasteiger partial charge is 0.464 e. The number of carbonyl (C=O) groups is 4. The molecule has 14 nitrogen and oxygen atoms in total. The Balaban J connectivity index is 0.904. The number of likely N-dealkylation sites (tertiary alicyclic amines) is 1. The van der Waals surface area contributed by atoms with Gasteiger partial charge in [-0.25, -0.2) is 0 Å². The molecule has 0 aliphatic carbocycles. The average molecular weight is 856 g/mol. The number of rotatable bonds is 12. The van der Waals surface area contributed by atoms with Crippen molar-refractivity contribution in [3.8, 4) is 5.00 Å². The molecule has 1 saturated heterocycles. The van der Waals surface area contributed by atoms with E-state index in [-0.39, 0.29) is 54.8 Å². The number of nitrogens with zero attached hydrogens (tertiary/aromatic N) is 7. The maximum absolute atomic E-state index is 13.6. The summed E-state index contributed by atoms with van der Waals surface area (Å²) in [6.07, 6.45) is 1.22. The van der Waals surface area contributed by atoms with Crippen molar-refractivity contribution in [3.05, 3.63) is 123 Å². The van der Waals surface area contributed by atoms with Crippen LogP contribution in [0.3, 0.4) is 0 Å². The quantitative estimate of drug-likeness (QED) is 0.133. The number of esters is 1. The maximum atomic E-state index is 13.6. The first-order valence-corrected chi connectivity index (χ1v) is 22.0. The Morgan fingerprint density at radius 2 is 1.63 bits per heavy atom. The lowest BCUT2D eigenvalue weighted by Gasteiger charge is -2.40. The molecule has 2 aromatic heterocycles. The van der Waals surface area contributed by atoms with Crippen molar-refractivity contribution in [2.24, 2.45) is 4.99 Å². The van der Waals surface area contributed by atoms with E-state index in [0.29, 0.717) is 48.8 Å². The molecule has 0 radical (unpaired) electrons. The molecule has 3 aromatic carbocycles. The minimum Gasteiger partial charge on any atom is -0.464 e. The SMILES string of the molecule is CCC(=O)N1c2ccccc2[C@H](Nc2ccc(C(=O)NC3CN(C(=O)c4ccc(C5=N[C@@H](CC(=O)OCCN(C)C)c6nnc(C)n6-c6sc(C)c(C)c65)cc4)C3)cc2)C[C@@H]1C. The van der Waals surface area contributed by atoms with E-state index in [4.69, 9.17) is 9.73 Å². The summed E-state index contributed by atoms with van der Waals surface area (Å²) in [6.45, 7) is 11.7. The Hall–Kier alpha value is -6.19. The average Bonchev–Trinajstić information content (AvgIpc) is 3.72. The van der Waals surface area contributed by atoms with Gasteiger partial charge in [-0.05, 0) is 102 Å². The fourth-order valence-corrected chi connectivity index (χ4v) is 9.67. The number of ether oxygens (including phenoxy) is 1. The van der Waals surface area contributed by atoms with Crippen molar-refractivity contribution < 1.29 is 23.9 Å². The molecule has 3 amide bonds. The second-order valence-corrected chi connectivity index (χ2v) is 17.8. The van der Waals surface area contributed by atoms with Crippen LogP contribution in [-0.2, 0) is 14.3 Å². The molecule has 0 spiro atoms. The van der Waals surface area contributed by atoms with Gasteiger partial charge in [-0.3, -0.25) is 28.7 Å². The summed E-state index contributed by atoms with van der Waals surface area (Å²) in [5, 5.41) is 16.5. The van der Waals surface area contributed by atoms with Gasteiger partial charge in [0.25, 0.3) is 11.8 Å². The summed E-state index contributed by atoms with van der Waals surface area (Å²) in [6, 6.07) is 22.1. The lowest BCUT2D eigenvalue weighted by Crippen LogP contribution is -2.60. The number of amides is 3. The number of para-hydroxylation sites is 1. The Kier molecular flexibility index (Phi) is 12.1. The van der Waals surface area contributed by atoms with E-state index < -0.39 is 6.04 Å². The number of hydrogen-bond acceptors (Lipinski definition) is 11. The molecule has 15 heteroatoms. The molecule has 322 valence electrons. The number of aromatic nitrogens is 3. The number of thiophene rings is 1. The molecule has 0 unspecified atom stereocenters. The van der Waals surface area contributed by atoms with Gasteiger partial charge in [0.15, 0.2) is 5.82 Å². The number of likely N-dealkylation sites (N-methyl/N-ethyl adjacent to an activating group) is 1. The number of anilines is 2. The van der Waals surface area contributed by atoms with Gasteiger partial charge in [0.1, 0.15) is 23.5 Å². The molecule has 8 rings (SSSR count). The van der Waals surface area contributed by atoms with Crippen LogP contribution in [0.4, 0.5) is 11.4 Å². The molecule has 0 bridgehead atoms. The third kappa shape index (κ3) is 8.38. The number of nitrogens with one attached hydrogen (secondary N) is 2. The lowest BCUT2D eigenvalue weighted by atomic mass is 9.91. The number of carbonyl (C=O) groups excluding carboxylic acids is 4. The lowest BCUT2D eigenvalue weighted by molar-refractivity contribution is -0.144. The molecule has 5 aromatic rings. The summed E-state index contributed by atoms with van der Waals surface area (Å²) in [4.78, 5) is 64.6.